The Bertz CT molecular complexity index is 1260. The highest BCUT2D eigenvalue weighted by Gasteiger charge is 2.18. The Morgan fingerprint density at radius 2 is 1.91 bits per heavy atom. The highest BCUT2D eigenvalue weighted by atomic mass is 16.2. The van der Waals surface area contributed by atoms with E-state index in [9.17, 15) is 9.59 Å². The van der Waals surface area contributed by atoms with Gasteiger partial charge in [0.1, 0.15) is 12.9 Å². The Hall–Kier alpha value is -4.15. The molecule has 11 heteroatoms. The van der Waals surface area contributed by atoms with Gasteiger partial charge < -0.3 is 4.90 Å². The molecule has 1 aliphatic heterocycles. The van der Waals surface area contributed by atoms with Crippen molar-refractivity contribution in [2.45, 2.75) is 25.8 Å². The fraction of sp³-hybridized carbons (Fsp3) is 0.286. The summed E-state index contributed by atoms with van der Waals surface area (Å²) < 4.78 is 2.91. The van der Waals surface area contributed by atoms with Gasteiger partial charge in [0, 0.05) is 30.4 Å². The lowest BCUT2D eigenvalue weighted by molar-refractivity contribution is -0.117. The molecule has 0 saturated carbocycles. The summed E-state index contributed by atoms with van der Waals surface area (Å²) in [5.41, 5.74) is 3.07. The predicted octanol–water partition coefficient (Wildman–Crippen LogP) is 1.65. The van der Waals surface area contributed by atoms with E-state index < -0.39 is 0 Å². The van der Waals surface area contributed by atoms with Crippen LogP contribution in [0.25, 0.3) is 16.8 Å². The lowest BCUT2D eigenvalue weighted by Crippen LogP contribution is -2.35. The van der Waals surface area contributed by atoms with E-state index >= 15 is 0 Å². The number of fused-ring (bicyclic) bond motifs is 1. The third kappa shape index (κ3) is 4.17. The standard InChI is InChI=1S/C21H21N9O2/c31-19(13-29-14-22-26-27-29)24-21-23-18-8-7-17(12-30(18)25-21)15-5-4-6-16(11-15)20(32)28-9-2-1-3-10-28/h4-8,11-12,14H,1-3,9-10,13H2,(H,24,25,31). The minimum Gasteiger partial charge on any atom is -0.339 e. The lowest BCUT2D eigenvalue weighted by atomic mass is 10.0. The van der Waals surface area contributed by atoms with Crippen LogP contribution < -0.4 is 5.32 Å². The van der Waals surface area contributed by atoms with E-state index in [1.807, 2.05) is 47.5 Å². The zero-order valence-electron chi connectivity index (χ0n) is 17.3. The van der Waals surface area contributed by atoms with Crippen molar-refractivity contribution >= 4 is 23.4 Å². The first-order valence-electron chi connectivity index (χ1n) is 10.4. The van der Waals surface area contributed by atoms with Crippen LogP contribution in [0.4, 0.5) is 5.95 Å². The fourth-order valence-corrected chi connectivity index (χ4v) is 3.78. The first-order chi connectivity index (χ1) is 15.7. The molecule has 2 amide bonds. The van der Waals surface area contributed by atoms with Crippen molar-refractivity contribution in [1.29, 1.82) is 0 Å². The molecule has 1 N–H and O–H groups in total. The maximum absolute atomic E-state index is 12.9. The number of benzene rings is 1. The highest BCUT2D eigenvalue weighted by molar-refractivity contribution is 5.95. The minimum absolute atomic E-state index is 0.0361. The van der Waals surface area contributed by atoms with Crippen LogP contribution in [0.5, 0.6) is 0 Å². The number of anilines is 1. The molecule has 0 radical (unpaired) electrons. The maximum Gasteiger partial charge on any atom is 0.253 e. The Kier molecular flexibility index (Phi) is 5.28. The molecule has 11 nitrogen and oxygen atoms in total. The second kappa shape index (κ2) is 8.53. The molecule has 3 aromatic heterocycles. The average molecular weight is 431 g/mol. The molecule has 32 heavy (non-hydrogen) atoms. The van der Waals surface area contributed by atoms with Crippen LogP contribution >= 0.6 is 0 Å². The van der Waals surface area contributed by atoms with Crippen LogP contribution in [0, 0.1) is 0 Å². The molecular formula is C21H21N9O2. The van der Waals surface area contributed by atoms with Crippen molar-refractivity contribution in [1.82, 2.24) is 39.7 Å². The normalized spacial score (nSPS) is 13.9. The summed E-state index contributed by atoms with van der Waals surface area (Å²) in [6.45, 7) is 1.59. The van der Waals surface area contributed by atoms with Crippen molar-refractivity contribution < 1.29 is 9.59 Å². The molecule has 5 rings (SSSR count). The number of amides is 2. The van der Waals surface area contributed by atoms with Crippen LogP contribution in [0.15, 0.2) is 48.9 Å². The lowest BCUT2D eigenvalue weighted by Gasteiger charge is -2.26. The van der Waals surface area contributed by atoms with Crippen LogP contribution in [-0.2, 0) is 11.3 Å². The molecule has 4 aromatic rings. The number of hydrogen-bond donors (Lipinski definition) is 1. The predicted molar refractivity (Wildman–Crippen MR) is 115 cm³/mol. The van der Waals surface area contributed by atoms with Gasteiger partial charge in [-0.1, -0.05) is 12.1 Å². The number of nitrogens with zero attached hydrogens (tertiary/aromatic N) is 8. The molecule has 1 fully saturated rings. The number of carbonyl (C=O) groups is 2. The van der Waals surface area contributed by atoms with Gasteiger partial charge in [0.25, 0.3) is 5.91 Å². The molecule has 1 saturated heterocycles. The molecule has 1 aliphatic rings. The van der Waals surface area contributed by atoms with Crippen LogP contribution in [0.2, 0.25) is 0 Å². The minimum atomic E-state index is -0.336. The number of hydrogen-bond acceptors (Lipinski definition) is 7. The van der Waals surface area contributed by atoms with Crippen molar-refractivity contribution in [3.8, 4) is 11.1 Å². The van der Waals surface area contributed by atoms with Crippen LogP contribution in [0.3, 0.4) is 0 Å². The number of likely N-dealkylation sites (tertiary alicyclic amines) is 1. The van der Waals surface area contributed by atoms with Crippen LogP contribution in [-0.4, -0.2) is 64.6 Å². The second-order valence-electron chi connectivity index (χ2n) is 7.65. The van der Waals surface area contributed by atoms with E-state index in [2.05, 4.69) is 30.9 Å². The van der Waals surface area contributed by atoms with Gasteiger partial charge in [-0.15, -0.1) is 10.2 Å². The maximum atomic E-state index is 12.9. The number of nitrogens with one attached hydrogen (secondary N) is 1. The topological polar surface area (TPSA) is 123 Å². The molecule has 0 spiro atoms. The zero-order valence-corrected chi connectivity index (χ0v) is 17.3. The molecule has 0 aliphatic carbocycles. The van der Waals surface area contributed by atoms with Crippen molar-refractivity contribution in [2.75, 3.05) is 18.4 Å². The van der Waals surface area contributed by atoms with Crippen LogP contribution in [0.1, 0.15) is 29.6 Å². The molecule has 1 aromatic carbocycles. The van der Waals surface area contributed by atoms with Gasteiger partial charge in [-0.2, -0.15) is 4.98 Å². The number of aromatic nitrogens is 7. The van der Waals surface area contributed by atoms with E-state index in [0.717, 1.165) is 37.1 Å². The third-order valence-corrected chi connectivity index (χ3v) is 5.37. The Morgan fingerprint density at radius 1 is 1.03 bits per heavy atom. The van der Waals surface area contributed by atoms with E-state index in [4.69, 9.17) is 0 Å². The summed E-state index contributed by atoms with van der Waals surface area (Å²) in [6.07, 6.45) is 6.48. The summed E-state index contributed by atoms with van der Waals surface area (Å²) in [5, 5.41) is 17.6. The van der Waals surface area contributed by atoms with Gasteiger partial charge >= 0.3 is 0 Å². The Morgan fingerprint density at radius 3 is 2.72 bits per heavy atom. The molecule has 0 atom stereocenters. The van der Waals surface area contributed by atoms with Crippen molar-refractivity contribution in [3.05, 3.63) is 54.5 Å². The number of pyridine rings is 1. The van der Waals surface area contributed by atoms with E-state index in [-0.39, 0.29) is 24.3 Å². The summed E-state index contributed by atoms with van der Waals surface area (Å²) in [7, 11) is 0. The summed E-state index contributed by atoms with van der Waals surface area (Å²) in [6, 6.07) is 11.3. The van der Waals surface area contributed by atoms with Gasteiger partial charge in [0.15, 0.2) is 5.65 Å². The highest BCUT2D eigenvalue weighted by Crippen LogP contribution is 2.23. The van der Waals surface area contributed by atoms with E-state index in [0.29, 0.717) is 11.2 Å². The zero-order chi connectivity index (χ0) is 21.9. The molecule has 0 unspecified atom stereocenters. The number of piperidine rings is 1. The van der Waals surface area contributed by atoms with E-state index in [1.165, 1.54) is 17.4 Å². The molecule has 4 heterocycles. The second-order valence-corrected chi connectivity index (χ2v) is 7.65. The quantitative estimate of drug-likeness (QED) is 0.510. The number of carbonyl (C=O) groups excluding carboxylic acids is 2. The van der Waals surface area contributed by atoms with Gasteiger partial charge in [0.05, 0.1) is 0 Å². The monoisotopic (exact) mass is 431 g/mol. The number of tetrazole rings is 1. The van der Waals surface area contributed by atoms with E-state index in [1.54, 1.807) is 4.52 Å². The van der Waals surface area contributed by atoms with Gasteiger partial charge in [-0.05, 0) is 59.5 Å². The smallest absolute Gasteiger partial charge is 0.253 e. The van der Waals surface area contributed by atoms with Gasteiger partial charge in [-0.3, -0.25) is 14.9 Å². The van der Waals surface area contributed by atoms with Gasteiger partial charge in [0.2, 0.25) is 11.9 Å². The van der Waals surface area contributed by atoms with Gasteiger partial charge in [-0.25, -0.2) is 9.20 Å². The molecule has 162 valence electrons. The molecule has 0 bridgehead atoms. The summed E-state index contributed by atoms with van der Waals surface area (Å²) in [5.74, 6) is -0.0763. The van der Waals surface area contributed by atoms with Crippen molar-refractivity contribution in [3.63, 3.8) is 0 Å². The first-order valence-corrected chi connectivity index (χ1v) is 10.4. The largest absolute Gasteiger partial charge is 0.339 e. The third-order valence-electron chi connectivity index (χ3n) is 5.37. The fourth-order valence-electron chi connectivity index (χ4n) is 3.78. The summed E-state index contributed by atoms with van der Waals surface area (Å²) in [4.78, 5) is 31.2. The molecular weight excluding hydrogens is 410 g/mol. The summed E-state index contributed by atoms with van der Waals surface area (Å²) >= 11 is 0. The van der Waals surface area contributed by atoms with Crippen molar-refractivity contribution in [2.24, 2.45) is 0 Å². The number of rotatable bonds is 5. The Balaban J connectivity index is 1.34. The first kappa shape index (κ1) is 19.8. The SMILES string of the molecule is O=C(Cn1cnnn1)Nc1nc2ccc(-c3cccc(C(=O)N4CCCCC4)c3)cn2n1. The average Bonchev–Trinajstić information content (AvgIpc) is 3.48. The Labute approximate surface area is 183 Å².